The minimum atomic E-state index is 0. The molecule has 0 rings (SSSR count). The molecule has 0 aliphatic heterocycles. The maximum atomic E-state index is 6.39. The van der Waals surface area contributed by atoms with Gasteiger partial charge >= 0.3 is 16.8 Å². The molecule has 0 radical (unpaired) electrons. The van der Waals surface area contributed by atoms with E-state index in [-0.39, 0.29) is 54.0 Å². The monoisotopic (exact) mass is 344 g/mol. The third-order valence-corrected chi connectivity index (χ3v) is 0.530. The quantitative estimate of drug-likeness (QED) is 0.444. The first-order chi connectivity index (χ1) is 5.74. The van der Waals surface area contributed by atoms with Gasteiger partial charge in [-0.05, 0) is 0 Å². The number of hydrogen-bond acceptors (Lipinski definition) is 0. The van der Waals surface area contributed by atoms with Gasteiger partial charge in [-0.3, -0.25) is 0 Å². The van der Waals surface area contributed by atoms with Crippen LogP contribution in [0.2, 0.25) is 0 Å². The topological polar surface area (TPSA) is 154 Å². The van der Waals surface area contributed by atoms with Gasteiger partial charge in [-0.25, -0.2) is 0 Å². The van der Waals surface area contributed by atoms with Crippen LogP contribution < -0.4 is 54.4 Å². The van der Waals surface area contributed by atoms with Crippen molar-refractivity contribution < 1.29 is 71.2 Å². The molecular weight excluding hydrogens is 321 g/mol. The Morgan fingerprint density at radius 3 is 0.625 bits per heavy atom. The van der Waals surface area contributed by atoms with Gasteiger partial charge in [0.2, 0.25) is 0 Å². The van der Waals surface area contributed by atoms with Crippen LogP contribution in [-0.2, 0) is 16.8 Å². The molecule has 0 aromatic carbocycles. The number of quaternary nitrogens is 3. The summed E-state index contributed by atoms with van der Waals surface area (Å²) in [5.41, 5.74) is 29.4. The smallest absolute Gasteiger partial charge is 1.00 e. The molecule has 0 saturated carbocycles. The predicted octanol–water partition coefficient (Wildman–Crippen LogP) is -11.1. The van der Waals surface area contributed by atoms with E-state index < -0.39 is 0 Å². The van der Waals surface area contributed by atoms with Gasteiger partial charge in [0.1, 0.15) is 0 Å². The third kappa shape index (κ3) is 177. The van der Waals surface area contributed by atoms with Crippen molar-refractivity contribution in [2.75, 3.05) is 39.3 Å². The number of rotatable bonds is 3. The Hall–Kier alpha value is 1.14. The van der Waals surface area contributed by atoms with Gasteiger partial charge < -0.3 is 71.6 Å². The Kier molecular flexibility index (Phi) is 197. The second-order valence-corrected chi connectivity index (χ2v) is 1.81. The molecule has 0 bridgehead atoms. The zero-order valence-corrected chi connectivity index (χ0v) is 12.6. The molecule has 0 unspecified atom stereocenters. The van der Waals surface area contributed by atoms with Crippen LogP contribution in [0.5, 0.6) is 0 Å². The first-order valence-electron chi connectivity index (χ1n) is 4.06. The Bertz CT molecular complexity index is 43.7. The maximum Gasteiger partial charge on any atom is 3.00 e. The predicted molar refractivity (Wildman–Crippen MR) is 50.8 cm³/mol. The van der Waals surface area contributed by atoms with E-state index in [1.807, 2.05) is 0 Å². The van der Waals surface area contributed by atoms with E-state index in [0.29, 0.717) is 19.6 Å². The number of nitrogens with one attached hydrogen (secondary N) is 3. The van der Waals surface area contributed by atoms with Crippen molar-refractivity contribution in [3.63, 3.8) is 0 Å². The second kappa shape index (κ2) is 72.6. The molecule has 0 amide bonds. The molecule has 0 spiro atoms. The van der Waals surface area contributed by atoms with Crippen molar-refractivity contribution in [2.24, 2.45) is 0 Å². The van der Waals surface area contributed by atoms with Crippen molar-refractivity contribution in [2.45, 2.75) is 0 Å². The van der Waals surface area contributed by atoms with Gasteiger partial charge in [0, 0.05) is 0 Å². The summed E-state index contributed by atoms with van der Waals surface area (Å²) >= 11 is 0. The minimum absolute atomic E-state index is 0. The van der Waals surface area contributed by atoms with E-state index in [1.54, 1.807) is 0 Å². The zero-order valence-electron chi connectivity index (χ0n) is 9.33. The standard InChI is InChI=1S/3C2H7N2.3ClH.Co/c3*3-1-2-4;;;;/h3*3H,1-2,4H2;3*1H;/q3*-1;;;;+3. The van der Waals surface area contributed by atoms with Gasteiger partial charge in [0.25, 0.3) is 0 Å². The molecule has 0 saturated heterocycles. The van der Waals surface area contributed by atoms with Crippen LogP contribution in [0.4, 0.5) is 0 Å². The van der Waals surface area contributed by atoms with Crippen LogP contribution in [0.25, 0.3) is 17.2 Å². The molecule has 0 fully saturated rings. The summed E-state index contributed by atoms with van der Waals surface area (Å²) < 4.78 is 0. The van der Waals surface area contributed by atoms with Crippen LogP contribution in [0.1, 0.15) is 0 Å². The van der Waals surface area contributed by atoms with Gasteiger partial charge in [0.15, 0.2) is 0 Å². The SMILES string of the molecule is [Cl-].[Cl-].[Cl-].[Co+3].[NH-]CC[NH3+].[NH-]CC[NH3+].[NH-]CC[NH3+]. The van der Waals surface area contributed by atoms with E-state index in [0.717, 1.165) is 19.6 Å². The first kappa shape index (κ1) is 43.4. The second-order valence-electron chi connectivity index (χ2n) is 1.81. The summed E-state index contributed by atoms with van der Waals surface area (Å²) in [6.07, 6.45) is 0. The van der Waals surface area contributed by atoms with E-state index >= 15 is 0 Å². The maximum absolute atomic E-state index is 6.39. The van der Waals surface area contributed by atoms with Crippen LogP contribution in [0.3, 0.4) is 0 Å². The first-order valence-corrected chi connectivity index (χ1v) is 4.06. The van der Waals surface area contributed by atoms with Crippen molar-refractivity contribution in [1.82, 2.24) is 0 Å². The fourth-order valence-electron chi connectivity index (χ4n) is 0. The molecule has 10 heteroatoms. The van der Waals surface area contributed by atoms with Crippen LogP contribution in [0.15, 0.2) is 0 Å². The Morgan fingerprint density at radius 1 is 0.562 bits per heavy atom. The summed E-state index contributed by atoms with van der Waals surface area (Å²) in [4.78, 5) is 0. The summed E-state index contributed by atoms with van der Waals surface area (Å²) in [7, 11) is 0. The molecule has 6 nitrogen and oxygen atoms in total. The molecule has 108 valence electrons. The van der Waals surface area contributed by atoms with Crippen LogP contribution in [0, 0.1) is 0 Å². The van der Waals surface area contributed by atoms with Gasteiger partial charge in [-0.15, -0.1) is 19.6 Å². The number of halogens is 3. The third-order valence-electron chi connectivity index (χ3n) is 0.530. The molecule has 0 aromatic rings. The molecule has 12 N–H and O–H groups in total. The molecule has 0 aliphatic rings. The van der Waals surface area contributed by atoms with Gasteiger partial charge in [-0.2, -0.15) is 0 Å². The average Bonchev–Trinajstić information content (AvgIpc) is 2.18. The Labute approximate surface area is 127 Å². The fraction of sp³-hybridized carbons (Fsp3) is 1.00. The Morgan fingerprint density at radius 2 is 0.625 bits per heavy atom. The molecule has 16 heavy (non-hydrogen) atoms. The summed E-state index contributed by atoms with van der Waals surface area (Å²) in [5, 5.41) is 0. The Balaban J connectivity index is -0.0000000135. The van der Waals surface area contributed by atoms with Crippen molar-refractivity contribution >= 4 is 0 Å². The molecule has 0 aliphatic carbocycles. The van der Waals surface area contributed by atoms with Crippen molar-refractivity contribution in [3.8, 4) is 0 Å². The van der Waals surface area contributed by atoms with Gasteiger partial charge in [-0.1, -0.05) is 0 Å². The van der Waals surface area contributed by atoms with Crippen molar-refractivity contribution in [3.05, 3.63) is 17.2 Å². The average molecular weight is 346 g/mol. The van der Waals surface area contributed by atoms with Crippen molar-refractivity contribution in [1.29, 1.82) is 0 Å². The van der Waals surface area contributed by atoms with Crippen LogP contribution in [-0.4, -0.2) is 39.3 Å². The molecular formula is C6H24Cl3CoN6. The summed E-state index contributed by atoms with van der Waals surface area (Å²) in [6.45, 7) is 3.58. The minimum Gasteiger partial charge on any atom is -1.00 e. The molecule has 0 aromatic heterocycles. The number of hydrogen-bond donors (Lipinski definition) is 3. The summed E-state index contributed by atoms with van der Waals surface area (Å²) in [5.74, 6) is 0. The van der Waals surface area contributed by atoms with Gasteiger partial charge in [0.05, 0.1) is 19.6 Å². The molecule has 0 heterocycles. The van der Waals surface area contributed by atoms with E-state index in [1.165, 1.54) is 0 Å². The summed E-state index contributed by atoms with van der Waals surface area (Å²) in [6, 6.07) is 0. The normalized spacial score (nSPS) is 5.62. The largest absolute Gasteiger partial charge is 3.00 e. The fourth-order valence-corrected chi connectivity index (χ4v) is 0. The zero-order chi connectivity index (χ0) is 10.2. The van der Waals surface area contributed by atoms with E-state index in [4.69, 9.17) is 17.2 Å². The van der Waals surface area contributed by atoms with Crippen LogP contribution >= 0.6 is 0 Å². The van der Waals surface area contributed by atoms with E-state index in [9.17, 15) is 0 Å². The molecule has 0 atom stereocenters. The van der Waals surface area contributed by atoms with E-state index in [2.05, 4.69) is 17.2 Å².